The maximum atomic E-state index is 11.7. The predicted octanol–water partition coefficient (Wildman–Crippen LogP) is 0.569. The molecule has 17 heavy (non-hydrogen) atoms. The van der Waals surface area contributed by atoms with E-state index in [2.05, 4.69) is 10.6 Å². The zero-order valence-electron chi connectivity index (χ0n) is 10.4. The fourth-order valence-corrected chi connectivity index (χ4v) is 1.63. The molecule has 1 aliphatic rings. The predicted molar refractivity (Wildman–Crippen MR) is 62.8 cm³/mol. The molecule has 0 aromatic rings. The van der Waals surface area contributed by atoms with Crippen molar-refractivity contribution >= 4 is 11.8 Å². The molecule has 1 rings (SSSR count). The Morgan fingerprint density at radius 2 is 2.00 bits per heavy atom. The third kappa shape index (κ3) is 3.45. The highest BCUT2D eigenvalue weighted by molar-refractivity contribution is 5.90. The summed E-state index contributed by atoms with van der Waals surface area (Å²) in [7, 11) is 0. The van der Waals surface area contributed by atoms with Crippen LogP contribution in [0.15, 0.2) is 0 Å². The number of carbonyl (C=O) groups is 2. The van der Waals surface area contributed by atoms with Crippen molar-refractivity contribution in [2.24, 2.45) is 11.3 Å². The van der Waals surface area contributed by atoms with Crippen LogP contribution < -0.4 is 10.6 Å². The molecule has 0 atom stereocenters. The first-order valence-electron chi connectivity index (χ1n) is 5.96. The van der Waals surface area contributed by atoms with E-state index in [-0.39, 0.29) is 18.4 Å². The van der Waals surface area contributed by atoms with Crippen LogP contribution in [0.4, 0.5) is 0 Å². The average Bonchev–Trinajstić information content (AvgIpc) is 2.22. The molecule has 0 heterocycles. The second-order valence-corrected chi connectivity index (χ2v) is 4.93. The van der Waals surface area contributed by atoms with Crippen LogP contribution in [0.2, 0.25) is 0 Å². The lowest BCUT2D eigenvalue weighted by Gasteiger charge is -2.33. The fourth-order valence-electron chi connectivity index (χ4n) is 1.63. The summed E-state index contributed by atoms with van der Waals surface area (Å²) in [4.78, 5) is 23.1. The van der Waals surface area contributed by atoms with Crippen LogP contribution in [0.25, 0.3) is 0 Å². The molecule has 0 saturated heterocycles. The quantitative estimate of drug-likeness (QED) is 0.733. The second kappa shape index (κ2) is 5.67. The molecule has 0 radical (unpaired) electrons. The summed E-state index contributed by atoms with van der Waals surface area (Å²) in [6.07, 6.45) is 2.10. The van der Waals surface area contributed by atoms with Gasteiger partial charge in [0.1, 0.15) is 5.41 Å². The largest absolute Gasteiger partial charge is 0.354 e. The monoisotopic (exact) mass is 237 g/mol. The van der Waals surface area contributed by atoms with Crippen LogP contribution in [0.3, 0.4) is 0 Å². The Labute approximate surface area is 102 Å². The summed E-state index contributed by atoms with van der Waals surface area (Å²) >= 11 is 0. The van der Waals surface area contributed by atoms with E-state index in [1.54, 1.807) is 0 Å². The Balaban J connectivity index is 2.29. The molecule has 0 aromatic heterocycles. The number of hydrogen-bond acceptors (Lipinski definition) is 3. The van der Waals surface area contributed by atoms with Gasteiger partial charge >= 0.3 is 0 Å². The van der Waals surface area contributed by atoms with Crippen LogP contribution in [-0.4, -0.2) is 24.9 Å². The maximum Gasteiger partial charge on any atom is 0.240 e. The molecule has 0 spiro atoms. The van der Waals surface area contributed by atoms with Gasteiger partial charge in [0.2, 0.25) is 11.8 Å². The summed E-state index contributed by atoms with van der Waals surface area (Å²) < 4.78 is 0. The van der Waals surface area contributed by atoms with Gasteiger partial charge in [0, 0.05) is 6.54 Å². The van der Waals surface area contributed by atoms with Crippen molar-refractivity contribution in [1.82, 2.24) is 10.6 Å². The van der Waals surface area contributed by atoms with Gasteiger partial charge in [0.25, 0.3) is 0 Å². The molecule has 5 heteroatoms. The molecule has 0 aliphatic heterocycles. The first kappa shape index (κ1) is 13.5. The molecule has 94 valence electrons. The zero-order valence-corrected chi connectivity index (χ0v) is 10.4. The molecule has 2 N–H and O–H groups in total. The Morgan fingerprint density at radius 3 is 2.41 bits per heavy atom. The lowest BCUT2D eigenvalue weighted by molar-refractivity contribution is -0.133. The van der Waals surface area contributed by atoms with Crippen LogP contribution in [0, 0.1) is 22.7 Å². The van der Waals surface area contributed by atoms with Gasteiger partial charge in [-0.3, -0.25) is 9.59 Å². The van der Waals surface area contributed by atoms with Gasteiger partial charge in [-0.05, 0) is 25.2 Å². The normalized spacial score (nSPS) is 16.8. The van der Waals surface area contributed by atoms with Crippen molar-refractivity contribution in [1.29, 1.82) is 5.26 Å². The lowest BCUT2D eigenvalue weighted by atomic mass is 9.69. The number of rotatable bonds is 5. The Kier molecular flexibility index (Phi) is 4.50. The van der Waals surface area contributed by atoms with Crippen molar-refractivity contribution in [2.45, 2.75) is 33.1 Å². The smallest absolute Gasteiger partial charge is 0.240 e. The van der Waals surface area contributed by atoms with Gasteiger partial charge in [0.05, 0.1) is 12.6 Å². The number of carbonyl (C=O) groups excluding carboxylic acids is 2. The minimum atomic E-state index is -0.877. The topological polar surface area (TPSA) is 82.0 Å². The van der Waals surface area contributed by atoms with E-state index in [0.29, 0.717) is 25.3 Å². The van der Waals surface area contributed by atoms with Crippen molar-refractivity contribution in [2.75, 3.05) is 13.1 Å². The summed E-state index contributed by atoms with van der Waals surface area (Å²) in [6, 6.07) is 2.04. The minimum absolute atomic E-state index is 0.0466. The number of amides is 2. The van der Waals surface area contributed by atoms with Crippen molar-refractivity contribution < 1.29 is 9.59 Å². The third-order valence-electron chi connectivity index (χ3n) is 2.97. The Bertz CT molecular complexity index is 340. The van der Waals surface area contributed by atoms with Gasteiger partial charge in [-0.25, -0.2) is 0 Å². The molecule has 1 fully saturated rings. The first-order chi connectivity index (χ1) is 8.00. The molecule has 0 aromatic carbocycles. The molecular weight excluding hydrogens is 218 g/mol. The Morgan fingerprint density at radius 1 is 1.35 bits per heavy atom. The average molecular weight is 237 g/mol. The highest BCUT2D eigenvalue weighted by Gasteiger charge is 2.44. The van der Waals surface area contributed by atoms with E-state index in [0.717, 1.165) is 6.42 Å². The number of hydrogen-bond donors (Lipinski definition) is 2. The van der Waals surface area contributed by atoms with E-state index in [1.165, 1.54) is 0 Å². The van der Waals surface area contributed by atoms with Crippen molar-refractivity contribution in [3.8, 4) is 6.07 Å². The SMILES string of the molecule is CC(C)CNC(=O)CNC(=O)C1(C#N)CCC1. The first-order valence-corrected chi connectivity index (χ1v) is 5.96. The zero-order chi connectivity index (χ0) is 12.9. The highest BCUT2D eigenvalue weighted by atomic mass is 16.2. The van der Waals surface area contributed by atoms with Crippen molar-refractivity contribution in [3.63, 3.8) is 0 Å². The highest BCUT2D eigenvalue weighted by Crippen LogP contribution is 2.40. The molecule has 1 saturated carbocycles. The number of nitriles is 1. The molecule has 0 unspecified atom stereocenters. The summed E-state index contributed by atoms with van der Waals surface area (Å²) in [5, 5.41) is 14.2. The van der Waals surface area contributed by atoms with Gasteiger partial charge in [-0.1, -0.05) is 13.8 Å². The molecule has 5 nitrogen and oxygen atoms in total. The molecule has 2 amide bonds. The van der Waals surface area contributed by atoms with Crippen LogP contribution in [-0.2, 0) is 9.59 Å². The van der Waals surface area contributed by atoms with Gasteiger partial charge in [0.15, 0.2) is 0 Å². The van der Waals surface area contributed by atoms with Crippen LogP contribution >= 0.6 is 0 Å². The fraction of sp³-hybridized carbons (Fsp3) is 0.750. The summed E-state index contributed by atoms with van der Waals surface area (Å²) in [6.45, 7) is 4.54. The van der Waals surface area contributed by atoms with Gasteiger partial charge in [-0.15, -0.1) is 0 Å². The van der Waals surface area contributed by atoms with E-state index in [4.69, 9.17) is 5.26 Å². The van der Waals surface area contributed by atoms with Gasteiger partial charge < -0.3 is 10.6 Å². The van der Waals surface area contributed by atoms with E-state index >= 15 is 0 Å². The second-order valence-electron chi connectivity index (χ2n) is 4.93. The van der Waals surface area contributed by atoms with E-state index in [1.807, 2.05) is 19.9 Å². The van der Waals surface area contributed by atoms with Crippen LogP contribution in [0.1, 0.15) is 33.1 Å². The van der Waals surface area contributed by atoms with Crippen LogP contribution in [0.5, 0.6) is 0 Å². The summed E-state index contributed by atoms with van der Waals surface area (Å²) in [5.74, 6) is -0.142. The maximum absolute atomic E-state index is 11.7. The number of nitrogens with zero attached hydrogens (tertiary/aromatic N) is 1. The van der Waals surface area contributed by atoms with E-state index < -0.39 is 5.41 Å². The van der Waals surface area contributed by atoms with Gasteiger partial charge in [-0.2, -0.15) is 5.26 Å². The third-order valence-corrected chi connectivity index (χ3v) is 2.97. The standard InChI is InChI=1S/C12H19N3O2/c1-9(2)6-14-10(16)7-15-11(17)12(8-13)4-3-5-12/h9H,3-7H2,1-2H3,(H,14,16)(H,15,17). The molecule has 0 bridgehead atoms. The number of nitrogens with one attached hydrogen (secondary N) is 2. The summed E-state index contributed by atoms with van der Waals surface area (Å²) in [5.41, 5.74) is -0.877. The molecule has 1 aliphatic carbocycles. The van der Waals surface area contributed by atoms with E-state index in [9.17, 15) is 9.59 Å². The minimum Gasteiger partial charge on any atom is -0.354 e. The lowest BCUT2D eigenvalue weighted by Crippen LogP contribution is -2.48. The Hall–Kier alpha value is -1.57. The molecular formula is C12H19N3O2. The van der Waals surface area contributed by atoms with Crippen molar-refractivity contribution in [3.05, 3.63) is 0 Å².